The fraction of sp³-hybridized carbons (Fsp3) is 0.120. The number of anilines is 1. The first-order valence-corrected chi connectivity index (χ1v) is 9.98. The van der Waals surface area contributed by atoms with E-state index in [0.29, 0.717) is 5.82 Å². The molecule has 5 nitrogen and oxygen atoms in total. The molecule has 1 heterocycles. The van der Waals surface area contributed by atoms with Crippen molar-refractivity contribution in [3.8, 4) is 22.3 Å². The van der Waals surface area contributed by atoms with Crippen molar-refractivity contribution >= 4 is 11.8 Å². The highest BCUT2D eigenvalue weighted by atomic mass is 16.2. The highest BCUT2D eigenvalue weighted by Gasteiger charge is 2.29. The molecule has 0 radical (unpaired) electrons. The molecule has 0 fully saturated rings. The van der Waals surface area contributed by atoms with Gasteiger partial charge < -0.3 is 5.32 Å². The van der Waals surface area contributed by atoms with Crippen molar-refractivity contribution in [2.24, 2.45) is 7.05 Å². The number of hydrogen-bond acceptors (Lipinski definition) is 2. The summed E-state index contributed by atoms with van der Waals surface area (Å²) < 4.78 is 1.72. The Kier molecular flexibility index (Phi) is 4.36. The number of nitrogens with one attached hydrogen (secondary N) is 2. The van der Waals surface area contributed by atoms with Crippen molar-refractivity contribution in [3.63, 3.8) is 0 Å². The second-order valence-corrected chi connectivity index (χ2v) is 7.50. The van der Waals surface area contributed by atoms with Gasteiger partial charge in [-0.15, -0.1) is 0 Å². The third-order valence-corrected chi connectivity index (χ3v) is 5.63. The minimum Gasteiger partial charge on any atom is -0.327 e. The third kappa shape index (κ3) is 2.95. The Hall–Kier alpha value is -3.86. The first-order valence-electron chi connectivity index (χ1n) is 9.98. The van der Waals surface area contributed by atoms with Crippen molar-refractivity contribution in [2.45, 2.75) is 13.0 Å². The van der Waals surface area contributed by atoms with Gasteiger partial charge in [-0.3, -0.25) is 10.00 Å². The normalized spacial score (nSPS) is 12.3. The highest BCUT2D eigenvalue weighted by molar-refractivity contribution is 5.95. The van der Waals surface area contributed by atoms with Crippen molar-refractivity contribution < 1.29 is 4.79 Å². The number of amides is 2. The summed E-state index contributed by atoms with van der Waals surface area (Å²) in [6, 6.07) is 26.0. The summed E-state index contributed by atoms with van der Waals surface area (Å²) >= 11 is 0. The van der Waals surface area contributed by atoms with Gasteiger partial charge in [-0.1, -0.05) is 78.9 Å². The largest absolute Gasteiger partial charge is 0.327 e. The van der Waals surface area contributed by atoms with Crippen LogP contribution in [0.15, 0.2) is 78.9 Å². The van der Waals surface area contributed by atoms with Crippen LogP contribution in [-0.2, 0) is 7.05 Å². The first-order chi connectivity index (χ1) is 14.6. The molecule has 2 N–H and O–H groups in total. The zero-order valence-electron chi connectivity index (χ0n) is 16.9. The van der Waals surface area contributed by atoms with Gasteiger partial charge in [0.2, 0.25) is 0 Å². The SMILES string of the molecule is Cc1nn(C)c(NC(=O)NC2c3ccccc3-c3ccccc32)c1-c1ccccc1. The minimum atomic E-state index is -0.258. The van der Waals surface area contributed by atoms with Gasteiger partial charge in [-0.05, 0) is 34.7 Å². The maximum Gasteiger partial charge on any atom is 0.321 e. The van der Waals surface area contributed by atoms with Gasteiger partial charge in [-0.25, -0.2) is 4.79 Å². The molecule has 0 bridgehead atoms. The lowest BCUT2D eigenvalue weighted by Gasteiger charge is -2.17. The van der Waals surface area contributed by atoms with Crippen LogP contribution in [0.4, 0.5) is 10.6 Å². The number of benzene rings is 3. The number of carbonyl (C=O) groups excluding carboxylic acids is 1. The number of hydrogen-bond donors (Lipinski definition) is 2. The maximum absolute atomic E-state index is 13.1. The zero-order chi connectivity index (χ0) is 20.7. The number of fused-ring (bicyclic) bond motifs is 3. The molecule has 0 spiro atoms. The standard InChI is InChI=1S/C25H22N4O/c1-16-22(17-10-4-3-5-11-17)24(29(2)28-16)27-25(30)26-23-20-14-8-6-12-18(20)19-13-7-9-15-21(19)23/h3-15,23H,1-2H3,(H2,26,27,30). The number of carbonyl (C=O) groups is 1. The van der Waals surface area contributed by atoms with E-state index < -0.39 is 0 Å². The molecule has 5 rings (SSSR count). The quantitative estimate of drug-likeness (QED) is 0.496. The van der Waals surface area contributed by atoms with Gasteiger partial charge in [0.1, 0.15) is 5.82 Å². The fourth-order valence-electron chi connectivity index (χ4n) is 4.34. The minimum absolute atomic E-state index is 0.188. The Morgan fingerprint density at radius 1 is 0.867 bits per heavy atom. The molecule has 4 aromatic rings. The second-order valence-electron chi connectivity index (χ2n) is 7.50. The molecule has 0 saturated carbocycles. The highest BCUT2D eigenvalue weighted by Crippen LogP contribution is 2.43. The van der Waals surface area contributed by atoms with Crippen molar-refractivity contribution in [1.82, 2.24) is 15.1 Å². The maximum atomic E-state index is 13.1. The predicted molar refractivity (Wildman–Crippen MR) is 119 cm³/mol. The van der Waals surface area contributed by atoms with Crippen LogP contribution >= 0.6 is 0 Å². The van der Waals surface area contributed by atoms with Crippen LogP contribution in [0.25, 0.3) is 22.3 Å². The average molecular weight is 394 g/mol. The summed E-state index contributed by atoms with van der Waals surface area (Å²) in [4.78, 5) is 13.1. The van der Waals surface area contributed by atoms with Crippen molar-refractivity contribution in [3.05, 3.63) is 95.7 Å². The van der Waals surface area contributed by atoms with E-state index in [2.05, 4.69) is 40.0 Å². The summed E-state index contributed by atoms with van der Waals surface area (Å²) in [5.74, 6) is 0.677. The van der Waals surface area contributed by atoms with Gasteiger partial charge in [-0.2, -0.15) is 5.10 Å². The summed E-state index contributed by atoms with van der Waals surface area (Å²) in [6.45, 7) is 1.95. The lowest BCUT2D eigenvalue weighted by atomic mass is 10.1. The molecule has 1 aliphatic rings. The molecule has 0 unspecified atom stereocenters. The summed E-state index contributed by atoms with van der Waals surface area (Å²) in [5, 5.41) is 10.7. The van der Waals surface area contributed by atoms with Crippen LogP contribution in [0.5, 0.6) is 0 Å². The number of aryl methyl sites for hydroxylation is 2. The predicted octanol–water partition coefficient (Wildman–Crippen LogP) is 5.29. The Morgan fingerprint density at radius 2 is 1.43 bits per heavy atom. The van der Waals surface area contributed by atoms with Crippen LogP contribution in [0.3, 0.4) is 0 Å². The zero-order valence-corrected chi connectivity index (χ0v) is 16.9. The monoisotopic (exact) mass is 394 g/mol. The molecule has 1 aromatic heterocycles. The number of urea groups is 1. The first kappa shape index (κ1) is 18.2. The molecular weight excluding hydrogens is 372 g/mol. The van der Waals surface area contributed by atoms with Gasteiger partial charge in [0.25, 0.3) is 0 Å². The average Bonchev–Trinajstić information content (AvgIpc) is 3.23. The molecule has 0 atom stereocenters. The number of rotatable bonds is 3. The third-order valence-electron chi connectivity index (χ3n) is 5.63. The molecule has 1 aliphatic carbocycles. The van der Waals surface area contributed by atoms with E-state index in [0.717, 1.165) is 27.9 Å². The van der Waals surface area contributed by atoms with Crippen LogP contribution in [0.2, 0.25) is 0 Å². The topological polar surface area (TPSA) is 59.0 Å². The molecule has 0 aliphatic heterocycles. The number of aromatic nitrogens is 2. The van der Waals surface area contributed by atoms with Gasteiger partial charge >= 0.3 is 6.03 Å². The van der Waals surface area contributed by atoms with Crippen LogP contribution in [0.1, 0.15) is 22.9 Å². The second kappa shape index (κ2) is 7.19. The van der Waals surface area contributed by atoms with E-state index in [1.807, 2.05) is 68.6 Å². The molecular formula is C25H22N4O. The van der Waals surface area contributed by atoms with Gasteiger partial charge in [0.15, 0.2) is 0 Å². The molecule has 3 aromatic carbocycles. The van der Waals surface area contributed by atoms with Crippen molar-refractivity contribution in [2.75, 3.05) is 5.32 Å². The lowest BCUT2D eigenvalue weighted by Crippen LogP contribution is -2.33. The molecule has 30 heavy (non-hydrogen) atoms. The van der Waals surface area contributed by atoms with Crippen molar-refractivity contribution in [1.29, 1.82) is 0 Å². The van der Waals surface area contributed by atoms with E-state index in [9.17, 15) is 4.79 Å². The molecule has 148 valence electrons. The Labute approximate surface area is 175 Å². The smallest absolute Gasteiger partial charge is 0.321 e. The Bertz CT molecular complexity index is 1200. The molecule has 0 saturated heterocycles. The Balaban J connectivity index is 1.46. The molecule has 5 heteroatoms. The summed E-state index contributed by atoms with van der Waals surface area (Å²) in [7, 11) is 1.84. The number of nitrogens with zero attached hydrogens (tertiary/aromatic N) is 2. The molecule has 2 amide bonds. The van der Waals surface area contributed by atoms with Crippen LogP contribution in [-0.4, -0.2) is 15.8 Å². The lowest BCUT2D eigenvalue weighted by molar-refractivity contribution is 0.250. The van der Waals surface area contributed by atoms with E-state index in [1.165, 1.54) is 11.1 Å². The van der Waals surface area contributed by atoms with Crippen LogP contribution < -0.4 is 10.6 Å². The summed E-state index contributed by atoms with van der Waals surface area (Å²) in [5.41, 5.74) is 7.38. The van der Waals surface area contributed by atoms with E-state index in [1.54, 1.807) is 4.68 Å². The van der Waals surface area contributed by atoms with Gasteiger partial charge in [0, 0.05) is 12.6 Å². The summed E-state index contributed by atoms with van der Waals surface area (Å²) in [6.07, 6.45) is 0. The van der Waals surface area contributed by atoms with E-state index in [-0.39, 0.29) is 12.1 Å². The van der Waals surface area contributed by atoms with Crippen LogP contribution in [0, 0.1) is 6.92 Å². The van der Waals surface area contributed by atoms with E-state index in [4.69, 9.17) is 0 Å². The van der Waals surface area contributed by atoms with Gasteiger partial charge in [0.05, 0.1) is 11.7 Å². The fourth-order valence-corrected chi connectivity index (χ4v) is 4.34. The van der Waals surface area contributed by atoms with E-state index >= 15 is 0 Å². The Morgan fingerprint density at radius 3 is 2.07 bits per heavy atom.